The van der Waals surface area contributed by atoms with E-state index in [4.69, 9.17) is 4.74 Å². The van der Waals surface area contributed by atoms with Gasteiger partial charge in [0.1, 0.15) is 11.9 Å². The number of carbonyl (C=O) groups excluding carboxylic acids is 1. The summed E-state index contributed by atoms with van der Waals surface area (Å²) in [5, 5.41) is 11.8. The predicted molar refractivity (Wildman–Crippen MR) is 113 cm³/mol. The van der Waals surface area contributed by atoms with Crippen LogP contribution >= 0.6 is 0 Å². The summed E-state index contributed by atoms with van der Waals surface area (Å²) < 4.78 is 19.5. The number of carbonyl (C=O) groups is 2. The van der Waals surface area contributed by atoms with E-state index in [1.165, 1.54) is 17.7 Å². The minimum atomic E-state index is -1.09. The van der Waals surface area contributed by atoms with E-state index in [0.717, 1.165) is 24.0 Å². The smallest absolute Gasteiger partial charge is 0.404 e. The Bertz CT molecular complexity index is 949. The van der Waals surface area contributed by atoms with Crippen molar-refractivity contribution in [3.8, 4) is 0 Å². The van der Waals surface area contributed by atoms with Crippen molar-refractivity contribution < 1.29 is 23.8 Å². The number of nitrogens with zero attached hydrogens (tertiary/aromatic N) is 1. The molecule has 2 aromatic rings. The molecule has 0 saturated carbocycles. The van der Waals surface area contributed by atoms with Gasteiger partial charge in [-0.3, -0.25) is 4.79 Å². The number of hydrogen-bond acceptors (Lipinski definition) is 3. The van der Waals surface area contributed by atoms with Crippen LogP contribution in [0.2, 0.25) is 0 Å². The number of hydrogen-bond donors (Lipinski definition) is 2. The Balaban J connectivity index is 1.63. The van der Waals surface area contributed by atoms with Crippen molar-refractivity contribution in [2.24, 2.45) is 5.92 Å². The van der Waals surface area contributed by atoms with E-state index in [9.17, 15) is 19.1 Å². The Morgan fingerprint density at radius 3 is 2.65 bits per heavy atom. The van der Waals surface area contributed by atoms with Crippen LogP contribution in [0.15, 0.2) is 48.5 Å². The van der Waals surface area contributed by atoms with Crippen molar-refractivity contribution in [3.63, 3.8) is 0 Å². The maximum absolute atomic E-state index is 13.6. The monoisotopic (exact) mass is 426 g/mol. The lowest BCUT2D eigenvalue weighted by Gasteiger charge is -2.42. The molecule has 2 heterocycles. The molecule has 2 aliphatic heterocycles. The zero-order chi connectivity index (χ0) is 22.0. The first-order chi connectivity index (χ1) is 15.0. The lowest BCUT2D eigenvalue weighted by molar-refractivity contribution is -0.152. The summed E-state index contributed by atoms with van der Waals surface area (Å²) in [6.45, 7) is 2.84. The lowest BCUT2D eigenvalue weighted by Crippen LogP contribution is -2.53. The molecule has 0 aromatic heterocycles. The molecule has 31 heavy (non-hydrogen) atoms. The van der Waals surface area contributed by atoms with Crippen LogP contribution < -0.4 is 5.32 Å². The number of halogens is 1. The quantitative estimate of drug-likeness (QED) is 0.781. The summed E-state index contributed by atoms with van der Waals surface area (Å²) >= 11 is 0. The summed E-state index contributed by atoms with van der Waals surface area (Å²) in [4.78, 5) is 26.6. The summed E-state index contributed by atoms with van der Waals surface area (Å²) in [7, 11) is 0. The molecule has 6 nitrogen and oxygen atoms in total. The molecule has 0 aliphatic carbocycles. The van der Waals surface area contributed by atoms with Gasteiger partial charge in [-0.05, 0) is 41.7 Å². The van der Waals surface area contributed by atoms with Gasteiger partial charge in [0.05, 0.1) is 12.6 Å². The standard InChI is InChI=1S/C24H27FN2O4/c1-2-15-14-31-21(13-20(15)26-24(29)30)23(28)27-12-11-16-5-3-4-6-19(16)22(27)17-7-9-18(25)10-8-17/h3-10,15,20-22,26H,2,11-14H2,1H3,(H,29,30)/t15-,20+,21-,22+/m1/s1. The molecule has 2 N–H and O–H groups in total. The number of rotatable bonds is 4. The van der Waals surface area contributed by atoms with E-state index in [-0.39, 0.29) is 29.7 Å². The fourth-order valence-corrected chi connectivity index (χ4v) is 4.75. The van der Waals surface area contributed by atoms with Crippen LogP contribution in [0.1, 0.15) is 42.5 Å². The number of nitrogens with one attached hydrogen (secondary N) is 1. The second-order valence-electron chi connectivity index (χ2n) is 8.22. The van der Waals surface area contributed by atoms with Gasteiger partial charge >= 0.3 is 6.09 Å². The van der Waals surface area contributed by atoms with Crippen LogP contribution in [0.25, 0.3) is 0 Å². The third kappa shape index (κ3) is 4.42. The van der Waals surface area contributed by atoms with Gasteiger partial charge in [-0.15, -0.1) is 0 Å². The molecule has 0 unspecified atom stereocenters. The highest BCUT2D eigenvalue weighted by atomic mass is 19.1. The van der Waals surface area contributed by atoms with E-state index in [1.807, 2.05) is 25.1 Å². The first-order valence-corrected chi connectivity index (χ1v) is 10.7. The van der Waals surface area contributed by atoms with Crippen molar-refractivity contribution in [2.75, 3.05) is 13.2 Å². The van der Waals surface area contributed by atoms with Crippen LogP contribution in [0.5, 0.6) is 0 Å². The maximum Gasteiger partial charge on any atom is 0.404 e. The molecular formula is C24H27FN2O4. The molecular weight excluding hydrogens is 399 g/mol. The van der Waals surface area contributed by atoms with Crippen molar-refractivity contribution in [3.05, 3.63) is 71.0 Å². The SMILES string of the molecule is CC[C@@H]1CO[C@@H](C(=O)N2CCc3ccccc3[C@@H]2c2ccc(F)cc2)C[C@@H]1NC(=O)O. The highest BCUT2D eigenvalue weighted by molar-refractivity contribution is 5.82. The minimum absolute atomic E-state index is 0.0372. The molecule has 2 aliphatic rings. The molecule has 4 rings (SSSR count). The fourth-order valence-electron chi connectivity index (χ4n) is 4.75. The van der Waals surface area contributed by atoms with Gasteiger partial charge in [0.2, 0.25) is 0 Å². The van der Waals surface area contributed by atoms with E-state index < -0.39 is 12.2 Å². The van der Waals surface area contributed by atoms with Crippen molar-refractivity contribution >= 4 is 12.0 Å². The first-order valence-electron chi connectivity index (χ1n) is 10.7. The molecule has 4 atom stereocenters. The van der Waals surface area contributed by atoms with Gasteiger partial charge in [-0.25, -0.2) is 9.18 Å². The normalized spacial score (nSPS) is 25.5. The second kappa shape index (κ2) is 9.06. The third-order valence-corrected chi connectivity index (χ3v) is 6.41. The first kappa shape index (κ1) is 21.3. The minimum Gasteiger partial charge on any atom is -0.465 e. The molecule has 1 saturated heterocycles. The van der Waals surface area contributed by atoms with Gasteiger partial charge in [-0.1, -0.05) is 43.3 Å². The number of benzene rings is 2. The van der Waals surface area contributed by atoms with Gasteiger partial charge < -0.3 is 20.1 Å². The molecule has 1 fully saturated rings. The third-order valence-electron chi connectivity index (χ3n) is 6.41. The Morgan fingerprint density at radius 2 is 1.94 bits per heavy atom. The van der Waals surface area contributed by atoms with Gasteiger partial charge in [0, 0.05) is 24.9 Å². The van der Waals surface area contributed by atoms with E-state index in [0.29, 0.717) is 19.6 Å². The van der Waals surface area contributed by atoms with Crippen LogP contribution in [0, 0.1) is 11.7 Å². The number of amides is 2. The number of fused-ring (bicyclic) bond motifs is 1. The molecule has 2 amide bonds. The Morgan fingerprint density at radius 1 is 1.19 bits per heavy atom. The Kier molecular flexibility index (Phi) is 6.23. The highest BCUT2D eigenvalue weighted by Gasteiger charge is 2.40. The van der Waals surface area contributed by atoms with Crippen molar-refractivity contribution in [2.45, 2.75) is 44.4 Å². The van der Waals surface area contributed by atoms with Crippen LogP contribution in [-0.2, 0) is 16.0 Å². The number of ether oxygens (including phenoxy) is 1. The second-order valence-corrected chi connectivity index (χ2v) is 8.22. The molecule has 0 bridgehead atoms. The van der Waals surface area contributed by atoms with E-state index >= 15 is 0 Å². The average Bonchev–Trinajstić information content (AvgIpc) is 2.78. The Labute approximate surface area is 181 Å². The molecule has 164 valence electrons. The predicted octanol–water partition coefficient (Wildman–Crippen LogP) is 3.75. The van der Waals surface area contributed by atoms with E-state index in [1.54, 1.807) is 17.0 Å². The highest BCUT2D eigenvalue weighted by Crippen LogP contribution is 2.36. The van der Waals surface area contributed by atoms with Crippen LogP contribution in [-0.4, -0.2) is 47.3 Å². The zero-order valence-corrected chi connectivity index (χ0v) is 17.5. The summed E-state index contributed by atoms with van der Waals surface area (Å²) in [6, 6.07) is 13.6. The summed E-state index contributed by atoms with van der Waals surface area (Å²) in [6.07, 6.45) is -0.0136. The summed E-state index contributed by atoms with van der Waals surface area (Å²) in [5.74, 6) is -0.444. The topological polar surface area (TPSA) is 78.9 Å². The Hall–Kier alpha value is -2.93. The van der Waals surface area contributed by atoms with Gasteiger partial charge in [0.15, 0.2) is 0 Å². The summed E-state index contributed by atoms with van der Waals surface area (Å²) in [5.41, 5.74) is 3.03. The van der Waals surface area contributed by atoms with E-state index in [2.05, 4.69) is 11.4 Å². The largest absolute Gasteiger partial charge is 0.465 e. The molecule has 7 heteroatoms. The van der Waals surface area contributed by atoms with Crippen molar-refractivity contribution in [1.82, 2.24) is 10.2 Å². The van der Waals surface area contributed by atoms with Gasteiger partial charge in [-0.2, -0.15) is 0 Å². The molecule has 0 spiro atoms. The number of carboxylic acid groups (broad SMARTS) is 1. The fraction of sp³-hybridized carbons (Fsp3) is 0.417. The van der Waals surface area contributed by atoms with Crippen LogP contribution in [0.4, 0.5) is 9.18 Å². The molecule has 2 aromatic carbocycles. The van der Waals surface area contributed by atoms with Crippen molar-refractivity contribution in [1.29, 1.82) is 0 Å². The lowest BCUT2D eigenvalue weighted by atomic mass is 9.86. The zero-order valence-electron chi connectivity index (χ0n) is 17.5. The van der Waals surface area contributed by atoms with Gasteiger partial charge in [0.25, 0.3) is 5.91 Å². The van der Waals surface area contributed by atoms with Crippen LogP contribution in [0.3, 0.4) is 0 Å². The maximum atomic E-state index is 13.6. The average molecular weight is 426 g/mol. The molecule has 0 radical (unpaired) electrons.